The van der Waals surface area contributed by atoms with Crippen LogP contribution in [0.15, 0.2) is 47.9 Å². The molecule has 24 heavy (non-hydrogen) atoms. The van der Waals surface area contributed by atoms with Crippen molar-refractivity contribution in [3.63, 3.8) is 0 Å². The Hall–Kier alpha value is -1.58. The lowest BCUT2D eigenvalue weighted by atomic mass is 9.97. The molecule has 0 amide bonds. The minimum atomic E-state index is -3.88. The number of hydrogen-bond donors (Lipinski definition) is 3. The molecule has 3 N–H and O–H groups in total. The molecule has 0 aliphatic heterocycles. The molecule has 0 bridgehead atoms. The molecule has 3 rings (SSSR count). The Balaban J connectivity index is 1.89. The smallest absolute Gasteiger partial charge is 0.240 e. The Morgan fingerprint density at radius 3 is 2.38 bits per heavy atom. The molecule has 0 radical (unpaired) electrons. The molecule has 4 atom stereocenters. The van der Waals surface area contributed by atoms with Crippen molar-refractivity contribution in [2.75, 3.05) is 0 Å². The fourth-order valence-electron chi connectivity index (χ4n) is 2.88. The van der Waals surface area contributed by atoms with Crippen LogP contribution in [0.5, 0.6) is 0 Å². The molecular formula is C15H16ClN3O4S. The summed E-state index contributed by atoms with van der Waals surface area (Å²) in [6.45, 7) is 0. The maximum Gasteiger partial charge on any atom is 0.240 e. The van der Waals surface area contributed by atoms with Gasteiger partial charge in [-0.3, -0.25) is 0 Å². The molecule has 9 heteroatoms. The van der Waals surface area contributed by atoms with Gasteiger partial charge in [0.05, 0.1) is 23.1 Å². The third-order valence-electron chi connectivity index (χ3n) is 4.11. The Bertz CT molecular complexity index is 801. The van der Waals surface area contributed by atoms with Crippen molar-refractivity contribution in [2.45, 2.75) is 35.5 Å². The summed E-state index contributed by atoms with van der Waals surface area (Å²) in [4.78, 5) is 7.85. The molecular weight excluding hydrogens is 354 g/mol. The number of benzene rings is 1. The predicted molar refractivity (Wildman–Crippen MR) is 87.0 cm³/mol. The number of halogens is 1. The number of hydrogen-bond acceptors (Lipinski definition) is 6. The van der Waals surface area contributed by atoms with Gasteiger partial charge < -0.3 is 10.2 Å². The van der Waals surface area contributed by atoms with Crippen LogP contribution >= 0.6 is 11.6 Å². The summed E-state index contributed by atoms with van der Waals surface area (Å²) in [5, 5.41) is 20.6. The fourth-order valence-corrected chi connectivity index (χ4v) is 4.30. The summed E-state index contributed by atoms with van der Waals surface area (Å²) in [7, 11) is -3.88. The maximum absolute atomic E-state index is 12.6. The van der Waals surface area contributed by atoms with Crippen LogP contribution in [0.2, 0.25) is 5.02 Å². The number of aliphatic hydroxyl groups excluding tert-OH is 2. The largest absolute Gasteiger partial charge is 0.390 e. The van der Waals surface area contributed by atoms with Crippen molar-refractivity contribution in [1.29, 1.82) is 0 Å². The van der Waals surface area contributed by atoms with E-state index in [1.54, 1.807) is 12.4 Å². The second-order valence-electron chi connectivity index (χ2n) is 5.67. The Morgan fingerprint density at radius 1 is 1.12 bits per heavy atom. The SMILES string of the molecule is O=S(=O)(N[C@H]1[C@H](O)[C@H](O)C[C@@H]1c1cncnc1)c1ccc(Cl)cc1. The highest BCUT2D eigenvalue weighted by molar-refractivity contribution is 7.89. The van der Waals surface area contributed by atoms with E-state index in [-0.39, 0.29) is 11.3 Å². The highest BCUT2D eigenvalue weighted by Crippen LogP contribution is 2.35. The Kier molecular flexibility index (Phi) is 4.84. The van der Waals surface area contributed by atoms with Gasteiger partial charge in [0.2, 0.25) is 10.0 Å². The number of nitrogens with zero attached hydrogens (tertiary/aromatic N) is 2. The first-order valence-electron chi connectivity index (χ1n) is 7.27. The zero-order chi connectivity index (χ0) is 17.3. The quantitative estimate of drug-likeness (QED) is 0.730. The van der Waals surface area contributed by atoms with Crippen LogP contribution in [0, 0.1) is 0 Å². The number of sulfonamides is 1. The van der Waals surface area contributed by atoms with E-state index >= 15 is 0 Å². The summed E-state index contributed by atoms with van der Waals surface area (Å²) < 4.78 is 27.6. The minimum absolute atomic E-state index is 0.0311. The molecule has 1 saturated carbocycles. The van der Waals surface area contributed by atoms with Gasteiger partial charge in [-0.15, -0.1) is 0 Å². The van der Waals surface area contributed by atoms with Gasteiger partial charge in [-0.2, -0.15) is 0 Å². The first-order valence-corrected chi connectivity index (χ1v) is 9.13. The Labute approximate surface area is 144 Å². The lowest BCUT2D eigenvalue weighted by molar-refractivity contribution is 0.0338. The van der Waals surface area contributed by atoms with Gasteiger partial charge in [0.1, 0.15) is 6.33 Å². The lowest BCUT2D eigenvalue weighted by Gasteiger charge is -2.23. The first kappa shape index (κ1) is 17.2. The standard InChI is InChI=1S/C15H16ClN3O4S/c16-10-1-3-11(4-2-10)24(22,23)19-14-12(5-13(20)15(14)21)9-6-17-8-18-7-9/h1-4,6-8,12-15,19-21H,5H2/t12-,13-,14-,15-/m1/s1. The lowest BCUT2D eigenvalue weighted by Crippen LogP contribution is -2.45. The normalized spacial score (nSPS) is 27.3. The van der Waals surface area contributed by atoms with Crippen LogP contribution in [0.3, 0.4) is 0 Å². The van der Waals surface area contributed by atoms with Crippen molar-refractivity contribution >= 4 is 21.6 Å². The van der Waals surface area contributed by atoms with Crippen LogP contribution in [-0.4, -0.2) is 46.8 Å². The number of aromatic nitrogens is 2. The molecule has 1 aromatic heterocycles. The van der Waals surface area contributed by atoms with Crippen molar-refractivity contribution in [2.24, 2.45) is 0 Å². The Morgan fingerprint density at radius 2 is 1.75 bits per heavy atom. The second kappa shape index (κ2) is 6.73. The molecule has 1 heterocycles. The van der Waals surface area contributed by atoms with Crippen molar-refractivity contribution < 1.29 is 18.6 Å². The van der Waals surface area contributed by atoms with Gasteiger partial charge in [-0.05, 0) is 36.2 Å². The van der Waals surface area contributed by atoms with Gasteiger partial charge in [0.25, 0.3) is 0 Å². The highest BCUT2D eigenvalue weighted by atomic mass is 35.5. The highest BCUT2D eigenvalue weighted by Gasteiger charge is 2.44. The van der Waals surface area contributed by atoms with Crippen molar-refractivity contribution in [1.82, 2.24) is 14.7 Å². The van der Waals surface area contributed by atoms with Crippen LogP contribution < -0.4 is 4.72 Å². The molecule has 1 aromatic carbocycles. The van der Waals surface area contributed by atoms with E-state index in [1.165, 1.54) is 30.6 Å². The van der Waals surface area contributed by atoms with E-state index in [1.807, 2.05) is 0 Å². The van der Waals surface area contributed by atoms with E-state index in [2.05, 4.69) is 14.7 Å². The van der Waals surface area contributed by atoms with E-state index < -0.39 is 34.2 Å². The minimum Gasteiger partial charge on any atom is -0.390 e. The van der Waals surface area contributed by atoms with Gasteiger partial charge in [0.15, 0.2) is 0 Å². The summed E-state index contributed by atoms with van der Waals surface area (Å²) in [6.07, 6.45) is 2.41. The summed E-state index contributed by atoms with van der Waals surface area (Å²) in [5.41, 5.74) is 0.650. The number of aliphatic hydroxyl groups is 2. The molecule has 1 fully saturated rings. The zero-order valence-electron chi connectivity index (χ0n) is 12.4. The zero-order valence-corrected chi connectivity index (χ0v) is 14.0. The van der Waals surface area contributed by atoms with Gasteiger partial charge >= 0.3 is 0 Å². The predicted octanol–water partition coefficient (Wildman–Crippen LogP) is 0.686. The number of nitrogens with one attached hydrogen (secondary N) is 1. The van der Waals surface area contributed by atoms with Crippen LogP contribution in [0.4, 0.5) is 0 Å². The summed E-state index contributed by atoms with van der Waals surface area (Å²) >= 11 is 5.78. The third-order valence-corrected chi connectivity index (χ3v) is 5.84. The van der Waals surface area contributed by atoms with Crippen molar-refractivity contribution in [3.05, 3.63) is 53.6 Å². The third kappa shape index (κ3) is 3.42. The van der Waals surface area contributed by atoms with Crippen LogP contribution in [-0.2, 0) is 10.0 Å². The summed E-state index contributed by atoms with van der Waals surface area (Å²) in [6, 6.07) is 4.81. The average molecular weight is 370 g/mol. The first-order chi connectivity index (χ1) is 11.4. The molecule has 7 nitrogen and oxygen atoms in total. The molecule has 1 aliphatic rings. The van der Waals surface area contributed by atoms with E-state index in [9.17, 15) is 18.6 Å². The number of rotatable bonds is 4. The maximum atomic E-state index is 12.6. The molecule has 1 aliphatic carbocycles. The topological polar surface area (TPSA) is 112 Å². The van der Waals surface area contributed by atoms with E-state index in [0.29, 0.717) is 10.6 Å². The van der Waals surface area contributed by atoms with Gasteiger partial charge in [-0.1, -0.05) is 11.6 Å². The molecule has 128 valence electrons. The van der Waals surface area contributed by atoms with Crippen LogP contribution in [0.1, 0.15) is 17.9 Å². The van der Waals surface area contributed by atoms with E-state index in [4.69, 9.17) is 11.6 Å². The molecule has 2 aromatic rings. The van der Waals surface area contributed by atoms with Gasteiger partial charge in [-0.25, -0.2) is 23.1 Å². The summed E-state index contributed by atoms with van der Waals surface area (Å²) in [5.74, 6) is -0.432. The van der Waals surface area contributed by atoms with Gasteiger partial charge in [0, 0.05) is 23.3 Å². The monoisotopic (exact) mass is 369 g/mol. The second-order valence-corrected chi connectivity index (χ2v) is 7.82. The average Bonchev–Trinajstić information content (AvgIpc) is 2.84. The van der Waals surface area contributed by atoms with Crippen molar-refractivity contribution in [3.8, 4) is 0 Å². The molecule has 0 saturated heterocycles. The molecule has 0 unspecified atom stereocenters. The fraction of sp³-hybridized carbons (Fsp3) is 0.333. The van der Waals surface area contributed by atoms with Crippen LogP contribution in [0.25, 0.3) is 0 Å². The van der Waals surface area contributed by atoms with E-state index in [0.717, 1.165) is 0 Å². The molecule has 0 spiro atoms.